The van der Waals surface area contributed by atoms with Gasteiger partial charge in [0, 0.05) is 6.92 Å². The fraction of sp³-hybridized carbons (Fsp3) is 0.929. The first-order valence-corrected chi connectivity index (χ1v) is 7.95. The first-order valence-electron chi connectivity index (χ1n) is 7.95. The molecule has 2 aliphatic rings. The van der Waals surface area contributed by atoms with Gasteiger partial charge in [-0.25, -0.2) is 0 Å². The topological polar surface area (TPSA) is 196 Å². The lowest BCUT2D eigenvalue weighted by Gasteiger charge is -2.42. The molecule has 0 aromatic rings. The van der Waals surface area contributed by atoms with Crippen LogP contribution in [-0.2, 0) is 23.7 Å². The van der Waals surface area contributed by atoms with Gasteiger partial charge >= 0.3 is 5.97 Å². The summed E-state index contributed by atoms with van der Waals surface area (Å²) in [5, 5.41) is 68.0. The van der Waals surface area contributed by atoms with E-state index in [1.54, 1.807) is 0 Å². The molecule has 12 heteroatoms. The predicted octanol–water partition coefficient (Wildman–Crippen LogP) is -4.83. The summed E-state index contributed by atoms with van der Waals surface area (Å²) in [6.07, 6.45) is -15.6. The summed E-state index contributed by atoms with van der Waals surface area (Å²) in [6.45, 7) is 0.250. The Balaban J connectivity index is 1.95. The average Bonchev–Trinajstić information content (AvgIpc) is 2.60. The van der Waals surface area contributed by atoms with E-state index >= 15 is 0 Å². The molecule has 6 unspecified atom stereocenters. The molecule has 0 spiro atoms. The first-order chi connectivity index (χ1) is 12.1. The van der Waals surface area contributed by atoms with Crippen molar-refractivity contribution in [3.8, 4) is 0 Å². The van der Waals surface area contributed by atoms with Crippen molar-refractivity contribution in [2.45, 2.75) is 68.3 Å². The number of esters is 1. The molecule has 10 atom stereocenters. The van der Waals surface area contributed by atoms with Crippen LogP contribution in [0.15, 0.2) is 0 Å². The van der Waals surface area contributed by atoms with Crippen LogP contribution >= 0.6 is 0 Å². The maximum atomic E-state index is 10.9. The van der Waals surface area contributed by atoms with Gasteiger partial charge in [-0.15, -0.1) is 0 Å². The van der Waals surface area contributed by atoms with Gasteiger partial charge in [-0.3, -0.25) is 4.79 Å². The Kier molecular flexibility index (Phi) is 7.27. The molecule has 26 heavy (non-hydrogen) atoms. The van der Waals surface area contributed by atoms with Crippen molar-refractivity contribution >= 4 is 5.97 Å². The number of carbonyl (C=O) groups excluding carboxylic acids is 1. The summed E-state index contributed by atoms with van der Waals surface area (Å²) in [4.78, 5) is 10.9. The summed E-state index contributed by atoms with van der Waals surface area (Å²) >= 11 is 0. The molecule has 7 N–H and O–H groups in total. The van der Waals surface area contributed by atoms with Gasteiger partial charge in [-0.05, 0) is 0 Å². The zero-order chi connectivity index (χ0) is 19.6. The summed E-state index contributed by atoms with van der Waals surface area (Å²) in [6, 6.07) is 0. The third-order valence-corrected chi connectivity index (χ3v) is 4.23. The Morgan fingerprint density at radius 1 is 0.769 bits per heavy atom. The Labute approximate surface area is 148 Å². The van der Waals surface area contributed by atoms with E-state index in [1.807, 2.05) is 0 Å². The molecule has 2 fully saturated rings. The predicted molar refractivity (Wildman–Crippen MR) is 78.2 cm³/mol. The second kappa shape index (κ2) is 8.84. The first kappa shape index (κ1) is 21.4. The van der Waals surface area contributed by atoms with Crippen LogP contribution in [-0.4, -0.2) is 116 Å². The standard InChI is InChI=1S/C14H24O12/c1-4(15)23-2-6-8(17)10(19)12(21)14(26-6)24-3-5-7(16)9(18)11(20)13(22)25-5/h5-14,16-22H,2-3H2,1H3/t5?,6?,7-,8+,9?,10?,11?,12?,13-,14+/m1/s1. The zero-order valence-corrected chi connectivity index (χ0v) is 13.9. The molecular weight excluding hydrogens is 360 g/mol. The van der Waals surface area contributed by atoms with Gasteiger partial charge in [0.1, 0.15) is 55.4 Å². The third kappa shape index (κ3) is 4.67. The Morgan fingerprint density at radius 3 is 1.88 bits per heavy atom. The quantitative estimate of drug-likeness (QED) is 0.224. The van der Waals surface area contributed by atoms with E-state index < -0.39 is 80.6 Å². The summed E-state index contributed by atoms with van der Waals surface area (Å²) in [5.41, 5.74) is 0. The number of ether oxygens (including phenoxy) is 4. The number of carbonyl (C=O) groups is 1. The van der Waals surface area contributed by atoms with E-state index in [0.29, 0.717) is 0 Å². The molecular formula is C14H24O12. The van der Waals surface area contributed by atoms with Crippen molar-refractivity contribution in [3.63, 3.8) is 0 Å². The number of aliphatic hydroxyl groups is 7. The van der Waals surface area contributed by atoms with Crippen molar-refractivity contribution in [3.05, 3.63) is 0 Å². The Hall–Kier alpha value is -0.930. The van der Waals surface area contributed by atoms with Crippen molar-refractivity contribution in [1.29, 1.82) is 0 Å². The monoisotopic (exact) mass is 384 g/mol. The molecule has 0 radical (unpaired) electrons. The van der Waals surface area contributed by atoms with Gasteiger partial charge in [0.25, 0.3) is 0 Å². The second-order valence-electron chi connectivity index (χ2n) is 6.19. The highest BCUT2D eigenvalue weighted by molar-refractivity contribution is 5.65. The van der Waals surface area contributed by atoms with Crippen molar-refractivity contribution in [1.82, 2.24) is 0 Å². The van der Waals surface area contributed by atoms with E-state index in [1.165, 1.54) is 0 Å². The summed E-state index contributed by atoms with van der Waals surface area (Å²) in [5.74, 6) is -0.640. The number of rotatable bonds is 5. The van der Waals surface area contributed by atoms with Gasteiger partial charge < -0.3 is 54.7 Å². The van der Waals surface area contributed by atoms with Crippen LogP contribution in [0.1, 0.15) is 6.92 Å². The molecule has 2 aliphatic heterocycles. The fourth-order valence-electron chi connectivity index (χ4n) is 2.65. The van der Waals surface area contributed by atoms with Crippen LogP contribution in [0.25, 0.3) is 0 Å². The molecule has 2 rings (SSSR count). The molecule has 0 bridgehead atoms. The lowest BCUT2D eigenvalue weighted by molar-refractivity contribution is -0.326. The maximum absolute atomic E-state index is 10.9. The third-order valence-electron chi connectivity index (χ3n) is 4.23. The van der Waals surface area contributed by atoms with Crippen LogP contribution < -0.4 is 0 Å². The summed E-state index contributed by atoms with van der Waals surface area (Å²) < 4.78 is 20.1. The molecule has 0 saturated carbocycles. The van der Waals surface area contributed by atoms with E-state index in [4.69, 9.17) is 18.9 Å². The van der Waals surface area contributed by atoms with Crippen LogP contribution in [0.5, 0.6) is 0 Å². The van der Waals surface area contributed by atoms with Gasteiger partial charge in [-0.2, -0.15) is 0 Å². The Bertz CT molecular complexity index is 475. The fourth-order valence-corrected chi connectivity index (χ4v) is 2.65. The van der Waals surface area contributed by atoms with Crippen molar-refractivity contribution < 1.29 is 59.5 Å². The van der Waals surface area contributed by atoms with Crippen molar-refractivity contribution in [2.24, 2.45) is 0 Å². The minimum atomic E-state index is -1.76. The van der Waals surface area contributed by atoms with Gasteiger partial charge in [0.2, 0.25) is 0 Å². The van der Waals surface area contributed by atoms with Gasteiger partial charge in [0.15, 0.2) is 12.6 Å². The normalized spacial score (nSPS) is 46.8. The van der Waals surface area contributed by atoms with Crippen LogP contribution in [0.3, 0.4) is 0 Å². The SMILES string of the molecule is CC(=O)OCC1O[C@H](OCC2O[C@@H](O)C(O)C(O)[C@@H]2O)C(O)C(O)[C@H]1O. The molecule has 2 saturated heterocycles. The average molecular weight is 384 g/mol. The highest BCUT2D eigenvalue weighted by Gasteiger charge is 2.47. The lowest BCUT2D eigenvalue weighted by Crippen LogP contribution is -2.61. The molecule has 152 valence electrons. The minimum absolute atomic E-state index is 0.397. The lowest BCUT2D eigenvalue weighted by atomic mass is 9.98. The molecule has 0 amide bonds. The van der Waals surface area contributed by atoms with Crippen LogP contribution in [0.2, 0.25) is 0 Å². The zero-order valence-electron chi connectivity index (χ0n) is 13.9. The maximum Gasteiger partial charge on any atom is 0.302 e. The van der Waals surface area contributed by atoms with Gasteiger partial charge in [0.05, 0.1) is 6.61 Å². The highest BCUT2D eigenvalue weighted by Crippen LogP contribution is 2.25. The summed E-state index contributed by atoms with van der Waals surface area (Å²) in [7, 11) is 0. The molecule has 0 aromatic heterocycles. The molecule has 2 heterocycles. The van der Waals surface area contributed by atoms with Crippen LogP contribution in [0, 0.1) is 0 Å². The number of aliphatic hydroxyl groups excluding tert-OH is 7. The molecule has 0 aromatic carbocycles. The van der Waals surface area contributed by atoms with E-state index in [9.17, 15) is 40.5 Å². The largest absolute Gasteiger partial charge is 0.463 e. The molecule has 0 aliphatic carbocycles. The smallest absolute Gasteiger partial charge is 0.302 e. The number of hydrogen-bond donors (Lipinski definition) is 7. The van der Waals surface area contributed by atoms with Crippen molar-refractivity contribution in [2.75, 3.05) is 13.2 Å². The van der Waals surface area contributed by atoms with Crippen LogP contribution in [0.4, 0.5) is 0 Å². The molecule has 12 nitrogen and oxygen atoms in total. The second-order valence-corrected chi connectivity index (χ2v) is 6.19. The minimum Gasteiger partial charge on any atom is -0.463 e. The van der Waals surface area contributed by atoms with E-state index in [2.05, 4.69) is 0 Å². The van der Waals surface area contributed by atoms with E-state index in [-0.39, 0.29) is 0 Å². The highest BCUT2D eigenvalue weighted by atomic mass is 16.7. The van der Waals surface area contributed by atoms with E-state index in [0.717, 1.165) is 6.92 Å². The number of hydrogen-bond acceptors (Lipinski definition) is 12. The van der Waals surface area contributed by atoms with Gasteiger partial charge in [-0.1, -0.05) is 0 Å². The Morgan fingerprint density at radius 2 is 1.31 bits per heavy atom.